The van der Waals surface area contributed by atoms with E-state index in [9.17, 15) is 38.7 Å². The molecule has 0 saturated carbocycles. The number of aliphatic hydroxyl groups is 5. The highest BCUT2D eigenvalue weighted by Crippen LogP contribution is 2.28. The van der Waals surface area contributed by atoms with Gasteiger partial charge in [-0.2, -0.15) is 13.1 Å². The van der Waals surface area contributed by atoms with Gasteiger partial charge < -0.3 is 44.8 Å². The predicted molar refractivity (Wildman–Crippen MR) is 79.9 cm³/mol. The molecule has 1 fully saturated rings. The lowest BCUT2D eigenvalue weighted by Gasteiger charge is -2.44. The molecule has 0 aromatic heterocycles. The third kappa shape index (κ3) is 5.11. The van der Waals surface area contributed by atoms with Crippen LogP contribution in [0.4, 0.5) is 0 Å². The maximum atomic E-state index is 11.0. The average Bonchev–Trinajstić information content (AvgIpc) is 2.56. The molecule has 156 valence electrons. The Hall–Kier alpha value is -1.40. The first-order valence-corrected chi connectivity index (χ1v) is 8.89. The Labute approximate surface area is 152 Å². The number of hydrogen-bond acceptors (Lipinski definition) is 11. The van der Waals surface area contributed by atoms with E-state index in [1.807, 2.05) is 0 Å². The average molecular weight is 417 g/mol. The minimum absolute atomic E-state index is 0.705. The van der Waals surface area contributed by atoms with Crippen molar-refractivity contribution in [3.63, 3.8) is 0 Å². The first-order chi connectivity index (χ1) is 12.4. The number of carboxylic acids is 1. The Bertz CT molecular complexity index is 681. The smallest absolute Gasteiger partial charge is 0.371 e. The van der Waals surface area contributed by atoms with Crippen LogP contribution < -0.4 is 4.72 Å². The summed E-state index contributed by atoms with van der Waals surface area (Å²) in [6, 6.07) is -1.84. The van der Waals surface area contributed by atoms with Crippen molar-refractivity contribution >= 4 is 16.3 Å². The van der Waals surface area contributed by atoms with Gasteiger partial charge in [-0.3, -0.25) is 4.55 Å². The fourth-order valence-corrected chi connectivity index (χ4v) is 3.18. The summed E-state index contributed by atoms with van der Waals surface area (Å²) in [6.07, 6.45) is -11.7. The molecule has 2 aliphatic heterocycles. The number of ether oxygens (including phenoxy) is 3. The van der Waals surface area contributed by atoms with Crippen LogP contribution in [0.2, 0.25) is 0 Å². The highest BCUT2D eigenvalue weighted by molar-refractivity contribution is 7.83. The van der Waals surface area contributed by atoms with E-state index >= 15 is 0 Å². The summed E-state index contributed by atoms with van der Waals surface area (Å²) in [5.74, 6) is -2.35. The summed E-state index contributed by atoms with van der Waals surface area (Å²) in [5, 5.41) is 57.8. The summed E-state index contributed by atoms with van der Waals surface area (Å²) in [7, 11) is -4.89. The monoisotopic (exact) mass is 417 g/mol. The maximum absolute atomic E-state index is 11.0. The van der Waals surface area contributed by atoms with Crippen molar-refractivity contribution in [2.75, 3.05) is 6.61 Å². The fourth-order valence-electron chi connectivity index (χ4n) is 2.58. The minimum Gasteiger partial charge on any atom is -0.475 e. The molecule has 8 atom stereocenters. The van der Waals surface area contributed by atoms with Crippen LogP contribution >= 0.6 is 0 Å². The fraction of sp³-hybridized carbons (Fsp3) is 0.750. The van der Waals surface area contributed by atoms with Gasteiger partial charge >= 0.3 is 16.3 Å². The van der Waals surface area contributed by atoms with Crippen molar-refractivity contribution in [3.05, 3.63) is 11.8 Å². The maximum Gasteiger partial charge on any atom is 0.371 e. The SMILES string of the molecule is O=C(O)C1=C[C@H](O)[C@@H](O)[C@H](O[C@H]2[C@H](O)[C@@H](NS(=O)(=O)O)[C@H](O)O[C@@H]2CO)O1. The van der Waals surface area contributed by atoms with E-state index < -0.39 is 77.8 Å². The lowest BCUT2D eigenvalue weighted by Crippen LogP contribution is -2.65. The zero-order chi connectivity index (χ0) is 20.5. The van der Waals surface area contributed by atoms with Crippen LogP contribution in [0.25, 0.3) is 0 Å². The minimum atomic E-state index is -4.89. The molecule has 0 amide bonds. The third-order valence-corrected chi connectivity index (χ3v) is 4.42. The lowest BCUT2D eigenvalue weighted by molar-refractivity contribution is -0.306. The zero-order valence-electron chi connectivity index (χ0n) is 13.4. The van der Waals surface area contributed by atoms with Crippen LogP contribution in [-0.2, 0) is 29.3 Å². The van der Waals surface area contributed by atoms with E-state index in [-0.39, 0.29) is 0 Å². The van der Waals surface area contributed by atoms with Crippen molar-refractivity contribution < 1.29 is 62.6 Å². The van der Waals surface area contributed by atoms with Gasteiger partial charge in [-0.15, -0.1) is 0 Å². The van der Waals surface area contributed by atoms with E-state index in [1.54, 1.807) is 0 Å². The highest BCUT2D eigenvalue weighted by Gasteiger charge is 2.49. The number of nitrogens with one attached hydrogen (secondary N) is 1. The van der Waals surface area contributed by atoms with Crippen molar-refractivity contribution in [1.29, 1.82) is 0 Å². The number of aliphatic hydroxyl groups excluding tert-OH is 5. The molecule has 14 nitrogen and oxygen atoms in total. The summed E-state index contributed by atoms with van der Waals surface area (Å²) in [6.45, 7) is -0.843. The summed E-state index contributed by atoms with van der Waals surface area (Å²) >= 11 is 0. The largest absolute Gasteiger partial charge is 0.475 e. The topological polar surface area (TPSA) is 233 Å². The van der Waals surface area contributed by atoms with Gasteiger partial charge in [0.25, 0.3) is 0 Å². The highest BCUT2D eigenvalue weighted by atomic mass is 32.2. The van der Waals surface area contributed by atoms with Gasteiger partial charge in [0, 0.05) is 0 Å². The second-order valence-electron chi connectivity index (χ2n) is 5.76. The van der Waals surface area contributed by atoms with Gasteiger partial charge in [-0.1, -0.05) is 0 Å². The van der Waals surface area contributed by atoms with Crippen LogP contribution in [0.1, 0.15) is 0 Å². The number of carboxylic acid groups (broad SMARTS) is 1. The Morgan fingerprint density at radius 1 is 1.22 bits per heavy atom. The molecule has 0 spiro atoms. The molecule has 0 unspecified atom stereocenters. The van der Waals surface area contributed by atoms with Crippen LogP contribution in [0, 0.1) is 0 Å². The van der Waals surface area contributed by atoms with Crippen molar-refractivity contribution in [1.82, 2.24) is 4.72 Å². The third-order valence-electron chi connectivity index (χ3n) is 3.85. The summed E-state index contributed by atoms with van der Waals surface area (Å²) in [5.41, 5.74) is 0. The number of hydrogen-bond donors (Lipinski definition) is 8. The van der Waals surface area contributed by atoms with Crippen LogP contribution in [0.5, 0.6) is 0 Å². The van der Waals surface area contributed by atoms with Crippen molar-refractivity contribution in [2.45, 2.75) is 49.1 Å². The van der Waals surface area contributed by atoms with Crippen LogP contribution in [0.3, 0.4) is 0 Å². The van der Waals surface area contributed by atoms with Gasteiger partial charge in [0.15, 0.2) is 6.29 Å². The quantitative estimate of drug-likeness (QED) is 0.190. The predicted octanol–water partition coefficient (Wildman–Crippen LogP) is -4.75. The van der Waals surface area contributed by atoms with Gasteiger partial charge in [0.05, 0.1) is 6.61 Å². The molecule has 0 aromatic rings. The second kappa shape index (κ2) is 8.31. The molecular formula is C12H19NO13S. The summed E-state index contributed by atoms with van der Waals surface area (Å²) in [4.78, 5) is 11.0. The van der Waals surface area contributed by atoms with Gasteiger partial charge in [0.2, 0.25) is 12.0 Å². The molecule has 15 heteroatoms. The number of rotatable bonds is 6. The Morgan fingerprint density at radius 2 is 1.85 bits per heavy atom. The molecule has 8 N–H and O–H groups in total. The number of aliphatic carboxylic acids is 1. The van der Waals surface area contributed by atoms with E-state index in [0.717, 1.165) is 0 Å². The van der Waals surface area contributed by atoms with Crippen LogP contribution in [-0.4, -0.2) is 105 Å². The molecule has 0 bridgehead atoms. The zero-order valence-corrected chi connectivity index (χ0v) is 14.2. The molecule has 0 aliphatic carbocycles. The van der Waals surface area contributed by atoms with E-state index in [4.69, 9.17) is 23.9 Å². The Balaban J connectivity index is 2.23. The van der Waals surface area contributed by atoms with Crippen LogP contribution in [0.15, 0.2) is 11.8 Å². The molecule has 2 rings (SSSR count). The second-order valence-corrected chi connectivity index (χ2v) is 6.95. The first kappa shape index (κ1) is 21.9. The van der Waals surface area contributed by atoms with E-state index in [1.165, 1.54) is 4.72 Å². The molecule has 2 aliphatic rings. The Kier molecular flexibility index (Phi) is 6.74. The molecule has 0 radical (unpaired) electrons. The van der Waals surface area contributed by atoms with Gasteiger partial charge in [-0.25, -0.2) is 4.79 Å². The van der Waals surface area contributed by atoms with Gasteiger partial charge in [0.1, 0.15) is 36.6 Å². The first-order valence-electron chi connectivity index (χ1n) is 7.45. The standard InChI is InChI=1S/C12H19NO13S/c14-2-5-9(8(17)6(11(20)24-5)13-27(21,22)23)26-12-7(16)3(15)1-4(25-12)10(18)19/h1,3,5-9,11-17,20H,2H2,(H,18,19)(H,21,22,23)/t3-,5+,6+,7+,8+,9+,11+,12-/m0/s1. The van der Waals surface area contributed by atoms with Gasteiger partial charge in [-0.05, 0) is 6.08 Å². The normalized spacial score (nSPS) is 40.1. The molecule has 27 heavy (non-hydrogen) atoms. The van der Waals surface area contributed by atoms with E-state index in [2.05, 4.69) is 0 Å². The molecule has 0 aromatic carbocycles. The molecule has 1 saturated heterocycles. The number of carbonyl (C=O) groups is 1. The lowest BCUT2D eigenvalue weighted by atomic mass is 9.97. The Morgan fingerprint density at radius 3 is 2.37 bits per heavy atom. The molecular weight excluding hydrogens is 398 g/mol. The molecule has 2 heterocycles. The van der Waals surface area contributed by atoms with E-state index in [0.29, 0.717) is 6.08 Å². The summed E-state index contributed by atoms with van der Waals surface area (Å²) < 4.78 is 47.2. The van der Waals surface area contributed by atoms with Crippen molar-refractivity contribution in [2.24, 2.45) is 0 Å². The van der Waals surface area contributed by atoms with Crippen molar-refractivity contribution in [3.8, 4) is 0 Å².